The van der Waals surface area contributed by atoms with Crippen molar-refractivity contribution in [1.82, 2.24) is 4.90 Å². The molecule has 106 valence electrons. The molecule has 4 nitrogen and oxygen atoms in total. The zero-order valence-electron chi connectivity index (χ0n) is 10.1. The number of hydrogen-bond acceptors (Lipinski definition) is 3. The average Bonchev–Trinajstić information content (AvgIpc) is 2.19. The number of amides is 1. The van der Waals surface area contributed by atoms with Gasteiger partial charge >= 0.3 is 6.18 Å². The third kappa shape index (κ3) is 5.80. The van der Waals surface area contributed by atoms with E-state index in [1.165, 1.54) is 25.2 Å². The Morgan fingerprint density at radius 1 is 1.47 bits per heavy atom. The first-order chi connectivity index (χ1) is 8.67. The van der Waals surface area contributed by atoms with Gasteiger partial charge in [-0.05, 0) is 25.2 Å². The zero-order chi connectivity index (χ0) is 14.6. The first-order valence-electron chi connectivity index (χ1n) is 5.27. The number of likely N-dealkylation sites (N-methyl/N-ethyl adjacent to an activating group) is 1. The summed E-state index contributed by atoms with van der Waals surface area (Å²) in [6.45, 7) is -1.54. The summed E-state index contributed by atoms with van der Waals surface area (Å²) in [6.07, 6.45) is -4.34. The smallest absolute Gasteiger partial charge is 0.397 e. The zero-order valence-corrected chi connectivity index (χ0v) is 10.8. The molecule has 0 spiro atoms. The van der Waals surface area contributed by atoms with E-state index in [4.69, 9.17) is 17.3 Å². The number of carbonyl (C=O) groups excluding carboxylic acids is 1. The largest absolute Gasteiger partial charge is 0.401 e. The summed E-state index contributed by atoms with van der Waals surface area (Å²) in [5.74, 6) is -0.583. The van der Waals surface area contributed by atoms with E-state index in [0.29, 0.717) is 10.7 Å². The first-order valence-corrected chi connectivity index (χ1v) is 5.65. The van der Waals surface area contributed by atoms with Gasteiger partial charge in [-0.3, -0.25) is 9.69 Å². The molecule has 0 heterocycles. The second-order valence-corrected chi connectivity index (χ2v) is 4.50. The Morgan fingerprint density at radius 3 is 2.63 bits per heavy atom. The topological polar surface area (TPSA) is 58.4 Å². The number of benzene rings is 1. The molecule has 19 heavy (non-hydrogen) atoms. The highest BCUT2D eigenvalue weighted by Crippen LogP contribution is 2.22. The van der Waals surface area contributed by atoms with E-state index in [0.717, 1.165) is 4.90 Å². The number of nitrogen functional groups attached to an aromatic ring is 1. The molecule has 0 aromatic heterocycles. The Balaban J connectivity index is 2.56. The van der Waals surface area contributed by atoms with Gasteiger partial charge in [-0.15, -0.1) is 0 Å². The molecule has 0 unspecified atom stereocenters. The molecule has 1 rings (SSSR count). The molecule has 1 aromatic carbocycles. The van der Waals surface area contributed by atoms with Crippen molar-refractivity contribution in [3.05, 3.63) is 23.2 Å². The highest BCUT2D eigenvalue weighted by atomic mass is 35.5. The standard InChI is InChI=1S/C11H13ClF3N3O/c1-18(6-11(13,14)15)5-10(19)17-9-3-2-7(12)4-8(9)16/h2-4H,5-6,16H2,1H3,(H,17,19). The van der Waals surface area contributed by atoms with Crippen LogP contribution in [0.25, 0.3) is 0 Å². The Hall–Kier alpha value is -1.47. The third-order valence-electron chi connectivity index (χ3n) is 2.15. The van der Waals surface area contributed by atoms with Gasteiger partial charge in [0.25, 0.3) is 0 Å². The molecular weight excluding hydrogens is 283 g/mol. The molecule has 0 bridgehead atoms. The monoisotopic (exact) mass is 295 g/mol. The Bertz CT molecular complexity index is 465. The van der Waals surface area contributed by atoms with E-state index < -0.39 is 18.6 Å². The number of nitrogens with zero attached hydrogens (tertiary/aromatic N) is 1. The number of rotatable bonds is 4. The molecule has 8 heteroatoms. The molecule has 0 saturated heterocycles. The average molecular weight is 296 g/mol. The van der Waals surface area contributed by atoms with Crippen molar-refractivity contribution in [3.63, 3.8) is 0 Å². The summed E-state index contributed by atoms with van der Waals surface area (Å²) in [4.78, 5) is 12.4. The van der Waals surface area contributed by atoms with Gasteiger partial charge in [0.05, 0.1) is 24.5 Å². The molecule has 0 radical (unpaired) electrons. The van der Waals surface area contributed by atoms with Crippen LogP contribution in [0, 0.1) is 0 Å². The molecule has 0 aliphatic rings. The van der Waals surface area contributed by atoms with Crippen molar-refractivity contribution in [2.75, 3.05) is 31.2 Å². The summed E-state index contributed by atoms with van der Waals surface area (Å²) >= 11 is 5.68. The fraction of sp³-hybridized carbons (Fsp3) is 0.364. The predicted molar refractivity (Wildman–Crippen MR) is 68.0 cm³/mol. The minimum atomic E-state index is -4.34. The lowest BCUT2D eigenvalue weighted by Gasteiger charge is -2.18. The quantitative estimate of drug-likeness (QED) is 0.838. The fourth-order valence-electron chi connectivity index (χ4n) is 1.44. The van der Waals surface area contributed by atoms with Crippen molar-refractivity contribution in [2.45, 2.75) is 6.18 Å². The maximum absolute atomic E-state index is 12.1. The van der Waals surface area contributed by atoms with E-state index in [2.05, 4.69) is 5.32 Å². The molecule has 0 fully saturated rings. The molecule has 0 aliphatic carbocycles. The highest BCUT2D eigenvalue weighted by Gasteiger charge is 2.29. The van der Waals surface area contributed by atoms with Gasteiger partial charge in [-0.25, -0.2) is 0 Å². The molecule has 1 aromatic rings. The van der Waals surface area contributed by atoms with E-state index in [1.54, 1.807) is 0 Å². The molecule has 1 amide bonds. The predicted octanol–water partition coefficient (Wildman–Crippen LogP) is 2.35. The van der Waals surface area contributed by atoms with Crippen LogP contribution in [0.5, 0.6) is 0 Å². The first kappa shape index (κ1) is 15.6. The van der Waals surface area contributed by atoms with Crippen LogP contribution in [-0.4, -0.2) is 37.1 Å². The summed E-state index contributed by atoms with van der Waals surface area (Å²) in [5.41, 5.74) is 6.17. The number of carbonyl (C=O) groups is 1. The number of hydrogen-bond donors (Lipinski definition) is 2. The van der Waals surface area contributed by atoms with Gasteiger partial charge in [-0.1, -0.05) is 11.6 Å². The van der Waals surface area contributed by atoms with Crippen LogP contribution in [-0.2, 0) is 4.79 Å². The normalized spacial score (nSPS) is 11.7. The van der Waals surface area contributed by atoms with E-state index in [-0.39, 0.29) is 12.2 Å². The number of nitrogens with two attached hydrogens (primary N) is 1. The summed E-state index contributed by atoms with van der Waals surface area (Å²) in [7, 11) is 1.21. The van der Waals surface area contributed by atoms with Crippen LogP contribution in [0.1, 0.15) is 0 Å². The van der Waals surface area contributed by atoms with E-state index in [9.17, 15) is 18.0 Å². The van der Waals surface area contributed by atoms with E-state index in [1.807, 2.05) is 0 Å². The minimum Gasteiger partial charge on any atom is -0.397 e. The highest BCUT2D eigenvalue weighted by molar-refractivity contribution is 6.31. The lowest BCUT2D eigenvalue weighted by atomic mass is 10.2. The van der Waals surface area contributed by atoms with Crippen LogP contribution in [0.3, 0.4) is 0 Å². The molecular formula is C11H13ClF3N3O. The maximum Gasteiger partial charge on any atom is 0.401 e. The molecule has 0 aliphatic heterocycles. The summed E-state index contributed by atoms with van der Waals surface area (Å²) in [6, 6.07) is 4.45. The van der Waals surface area contributed by atoms with Crippen LogP contribution in [0.15, 0.2) is 18.2 Å². The van der Waals surface area contributed by atoms with E-state index >= 15 is 0 Å². The van der Waals surface area contributed by atoms with Crippen molar-refractivity contribution < 1.29 is 18.0 Å². The van der Waals surface area contributed by atoms with Crippen LogP contribution in [0.4, 0.5) is 24.5 Å². The molecule has 0 saturated carbocycles. The lowest BCUT2D eigenvalue weighted by Crippen LogP contribution is -2.36. The number of anilines is 2. The van der Waals surface area contributed by atoms with Crippen molar-refractivity contribution in [3.8, 4) is 0 Å². The Morgan fingerprint density at radius 2 is 2.11 bits per heavy atom. The second-order valence-electron chi connectivity index (χ2n) is 4.07. The van der Waals surface area contributed by atoms with Gasteiger partial charge in [0.1, 0.15) is 0 Å². The van der Waals surface area contributed by atoms with Gasteiger partial charge in [0, 0.05) is 5.02 Å². The molecule has 3 N–H and O–H groups in total. The van der Waals surface area contributed by atoms with Crippen molar-refractivity contribution in [2.24, 2.45) is 0 Å². The molecule has 0 atom stereocenters. The van der Waals surface area contributed by atoms with Crippen molar-refractivity contribution >= 4 is 28.9 Å². The Labute approximate surface area is 113 Å². The van der Waals surface area contributed by atoms with Gasteiger partial charge in [0.15, 0.2) is 0 Å². The third-order valence-corrected chi connectivity index (χ3v) is 2.39. The minimum absolute atomic E-state index is 0.249. The van der Waals surface area contributed by atoms with Crippen molar-refractivity contribution in [1.29, 1.82) is 0 Å². The summed E-state index contributed by atoms with van der Waals surface area (Å²) in [5, 5.41) is 2.83. The van der Waals surface area contributed by atoms with Crippen LogP contribution < -0.4 is 11.1 Å². The fourth-order valence-corrected chi connectivity index (χ4v) is 1.62. The van der Waals surface area contributed by atoms with Gasteiger partial charge < -0.3 is 11.1 Å². The maximum atomic E-state index is 12.1. The second kappa shape index (κ2) is 6.12. The Kier molecular flexibility index (Phi) is 5.02. The van der Waals surface area contributed by atoms with Crippen LogP contribution in [0.2, 0.25) is 5.02 Å². The number of nitrogens with one attached hydrogen (secondary N) is 1. The summed E-state index contributed by atoms with van der Waals surface area (Å²) < 4.78 is 36.3. The lowest BCUT2D eigenvalue weighted by molar-refractivity contribution is -0.145. The number of alkyl halides is 3. The number of halogens is 4. The van der Waals surface area contributed by atoms with Gasteiger partial charge in [0.2, 0.25) is 5.91 Å². The van der Waals surface area contributed by atoms with Gasteiger partial charge in [-0.2, -0.15) is 13.2 Å². The van der Waals surface area contributed by atoms with Crippen LogP contribution >= 0.6 is 11.6 Å². The SMILES string of the molecule is CN(CC(=O)Nc1ccc(Cl)cc1N)CC(F)(F)F.